The van der Waals surface area contributed by atoms with Crippen LogP contribution in [-0.2, 0) is 18.9 Å². The Bertz CT molecular complexity index is 736. The van der Waals surface area contributed by atoms with Crippen LogP contribution in [0.1, 0.15) is 6.42 Å². The van der Waals surface area contributed by atoms with Crippen LogP contribution in [0.3, 0.4) is 0 Å². The highest BCUT2D eigenvalue weighted by atomic mass is 31.1. The van der Waals surface area contributed by atoms with Crippen molar-refractivity contribution >= 4 is 8.07 Å². The molecule has 0 radical (unpaired) electrons. The summed E-state index contributed by atoms with van der Waals surface area (Å²) in [7, 11) is -2.58. The number of nitrogens with one attached hydrogen (secondary N) is 5. The number of aliphatic hydroxyl groups is 6. The average molecular weight is 591 g/mol. The smallest absolute Gasteiger partial charge is 0.195 e. The van der Waals surface area contributed by atoms with E-state index in [-0.39, 0.29) is 0 Å². The van der Waals surface area contributed by atoms with E-state index in [0.717, 1.165) is 5.54 Å². The van der Waals surface area contributed by atoms with Gasteiger partial charge < -0.3 is 49.6 Å². The van der Waals surface area contributed by atoms with Crippen LogP contribution < -0.4 is 27.5 Å². The third kappa shape index (κ3) is 6.51. The monoisotopic (exact) mass is 591 g/mol. The molecule has 0 aromatic carbocycles. The average Bonchev–Trinajstić information content (AvgIpc) is 2.91. The van der Waals surface area contributed by atoms with E-state index in [1.165, 1.54) is 21.9 Å². The lowest BCUT2D eigenvalue weighted by Gasteiger charge is -2.48. The van der Waals surface area contributed by atoms with Gasteiger partial charge in [0.2, 0.25) is 0 Å². The molecule has 3 fully saturated rings. The summed E-state index contributed by atoms with van der Waals surface area (Å²) in [5.74, 6) is -1.85. The van der Waals surface area contributed by atoms with Gasteiger partial charge in [0.15, 0.2) is 12.3 Å². The molecule has 0 aromatic rings. The van der Waals surface area contributed by atoms with Crippen molar-refractivity contribution in [1.29, 1.82) is 0 Å². The van der Waals surface area contributed by atoms with Crippen LogP contribution in [0.4, 0.5) is 22.4 Å². The van der Waals surface area contributed by atoms with Gasteiger partial charge >= 0.3 is 0 Å². The molecule has 3 rings (SSSR count). The zero-order valence-corrected chi connectivity index (χ0v) is 20.3. The van der Waals surface area contributed by atoms with Gasteiger partial charge in [0, 0.05) is 0 Å². The topological polar surface area (TPSA) is 218 Å². The second-order valence-corrected chi connectivity index (χ2v) is 10.9. The standard InChI is InChI=1S/C17H31F5N5O10P/c18-23-2-6-10(30)15(33)38(27-22)17(35-6)37-14-5(25-20)1-4(24-19)13(12(14)32)36-16-11(31)8(26-21)9(29)7(3-28)34-16/h4-17,23-33H,1-3H2. The summed E-state index contributed by atoms with van der Waals surface area (Å²) >= 11 is 0. The minimum atomic E-state index is -2.58. The summed E-state index contributed by atoms with van der Waals surface area (Å²) in [6, 6.07) is -6.54. The van der Waals surface area contributed by atoms with Gasteiger partial charge in [0.1, 0.15) is 54.7 Å². The number of ether oxygens (including phenoxy) is 4. The Morgan fingerprint density at radius 1 is 0.763 bits per heavy atom. The van der Waals surface area contributed by atoms with Gasteiger partial charge in [-0.2, -0.15) is 22.2 Å². The third-order valence-corrected chi connectivity index (χ3v) is 8.46. The maximum atomic E-state index is 13.7. The highest BCUT2D eigenvalue weighted by Gasteiger charge is 2.54. The first-order chi connectivity index (χ1) is 18.2. The normalized spacial score (nSPS) is 48.2. The summed E-state index contributed by atoms with van der Waals surface area (Å²) in [6.07, 6.45) is -16.2. The van der Waals surface area contributed by atoms with Crippen molar-refractivity contribution in [2.45, 2.75) is 91.5 Å². The molecule has 0 spiro atoms. The second-order valence-electron chi connectivity index (χ2n) is 8.92. The first-order valence-electron chi connectivity index (χ1n) is 11.4. The highest BCUT2D eigenvalue weighted by molar-refractivity contribution is 7.56. The Hall–Kier alpha value is -0.520. The second kappa shape index (κ2) is 14.4. The van der Waals surface area contributed by atoms with E-state index >= 15 is 0 Å². The Balaban J connectivity index is 1.83. The van der Waals surface area contributed by atoms with Gasteiger partial charge in [-0.05, 0) is 6.42 Å². The van der Waals surface area contributed by atoms with E-state index in [1.807, 2.05) is 0 Å². The quantitative estimate of drug-likeness (QED) is 0.0631. The largest absolute Gasteiger partial charge is 0.394 e. The van der Waals surface area contributed by atoms with Crippen molar-refractivity contribution in [3.8, 4) is 0 Å². The molecule has 3 aliphatic rings. The summed E-state index contributed by atoms with van der Waals surface area (Å²) in [5, 5.41) is 62.2. The SMILES string of the molecule is OCC1OC(OC2C(NF)CC(NF)C(OC3OC(CNF)C(O)C(O)P3NF)C2O)C(O)C(NF)C1O. The van der Waals surface area contributed by atoms with Crippen molar-refractivity contribution in [2.75, 3.05) is 13.2 Å². The van der Waals surface area contributed by atoms with Gasteiger partial charge in [0.05, 0.1) is 39.3 Å². The molecule has 15 atom stereocenters. The predicted molar refractivity (Wildman–Crippen MR) is 113 cm³/mol. The van der Waals surface area contributed by atoms with Crippen LogP contribution in [0.2, 0.25) is 0 Å². The van der Waals surface area contributed by atoms with Gasteiger partial charge in [0.25, 0.3) is 0 Å². The van der Waals surface area contributed by atoms with Crippen molar-refractivity contribution in [3.63, 3.8) is 0 Å². The van der Waals surface area contributed by atoms with Crippen LogP contribution >= 0.6 is 8.07 Å². The molecule has 0 aromatic heterocycles. The van der Waals surface area contributed by atoms with E-state index in [4.69, 9.17) is 18.9 Å². The number of halogens is 5. The van der Waals surface area contributed by atoms with Crippen LogP contribution in [-0.4, -0.2) is 129 Å². The summed E-state index contributed by atoms with van der Waals surface area (Å²) < 4.78 is 88.3. The molecule has 1 saturated carbocycles. The highest BCUT2D eigenvalue weighted by Crippen LogP contribution is 2.50. The Labute approximate surface area is 213 Å². The number of aliphatic hydroxyl groups excluding tert-OH is 6. The molecule has 2 saturated heterocycles. The van der Waals surface area contributed by atoms with Crippen molar-refractivity contribution in [2.24, 2.45) is 0 Å². The van der Waals surface area contributed by atoms with E-state index in [0.29, 0.717) is 0 Å². The third-order valence-electron chi connectivity index (χ3n) is 6.70. The predicted octanol–water partition coefficient (Wildman–Crippen LogP) is -3.80. The van der Waals surface area contributed by atoms with Gasteiger partial charge in [-0.3, -0.25) is 0 Å². The molecule has 2 heterocycles. The Morgan fingerprint density at radius 2 is 1.39 bits per heavy atom. The van der Waals surface area contributed by atoms with E-state index in [1.54, 1.807) is 0 Å². The van der Waals surface area contributed by atoms with Crippen molar-refractivity contribution in [3.05, 3.63) is 0 Å². The molecular formula is C17H31F5N5O10P. The minimum absolute atomic E-state index is 0.520. The molecular weight excluding hydrogens is 560 g/mol. The van der Waals surface area contributed by atoms with Crippen LogP contribution in [0, 0.1) is 0 Å². The molecule has 15 nitrogen and oxygen atoms in total. The molecule has 224 valence electrons. The zero-order chi connectivity index (χ0) is 28.1. The maximum absolute atomic E-state index is 13.7. The number of hydrogen-bond acceptors (Lipinski definition) is 15. The van der Waals surface area contributed by atoms with Gasteiger partial charge in [-0.25, -0.2) is 0 Å². The summed E-state index contributed by atoms with van der Waals surface area (Å²) in [4.78, 5) is 0. The fraction of sp³-hybridized carbons (Fsp3) is 1.00. The van der Waals surface area contributed by atoms with E-state index < -0.39 is 113 Å². The van der Waals surface area contributed by atoms with Crippen LogP contribution in [0.25, 0.3) is 0 Å². The van der Waals surface area contributed by atoms with Crippen molar-refractivity contribution < 1.29 is 72.0 Å². The number of hydrogen-bond donors (Lipinski definition) is 11. The van der Waals surface area contributed by atoms with E-state index in [9.17, 15) is 53.0 Å². The molecule has 2 aliphatic heterocycles. The lowest BCUT2D eigenvalue weighted by molar-refractivity contribution is -0.317. The maximum Gasteiger partial charge on any atom is 0.195 e. The minimum Gasteiger partial charge on any atom is -0.394 e. The fourth-order valence-corrected chi connectivity index (χ4v) is 6.11. The van der Waals surface area contributed by atoms with Crippen molar-refractivity contribution in [1.82, 2.24) is 27.5 Å². The zero-order valence-electron chi connectivity index (χ0n) is 19.4. The molecule has 0 bridgehead atoms. The Kier molecular flexibility index (Phi) is 12.1. The summed E-state index contributed by atoms with van der Waals surface area (Å²) in [6.45, 7) is -1.50. The first kappa shape index (κ1) is 32.0. The summed E-state index contributed by atoms with van der Waals surface area (Å²) in [5.41, 5.74) is 4.95. The van der Waals surface area contributed by atoms with Crippen LogP contribution in [0.5, 0.6) is 0 Å². The first-order valence-corrected chi connectivity index (χ1v) is 12.8. The molecule has 15 unspecified atom stereocenters. The molecule has 38 heavy (non-hydrogen) atoms. The van der Waals surface area contributed by atoms with E-state index in [2.05, 4.69) is 0 Å². The molecule has 1 aliphatic carbocycles. The lowest BCUT2D eigenvalue weighted by Crippen LogP contribution is -2.67. The lowest BCUT2D eigenvalue weighted by atomic mass is 9.84. The molecule has 0 amide bonds. The fourth-order valence-electron chi connectivity index (χ4n) is 4.60. The van der Waals surface area contributed by atoms with Gasteiger partial charge in [-0.1, -0.05) is 0 Å². The van der Waals surface area contributed by atoms with Gasteiger partial charge in [-0.15, -0.1) is 27.7 Å². The molecule has 11 N–H and O–H groups in total. The van der Waals surface area contributed by atoms with Crippen LogP contribution in [0.15, 0.2) is 0 Å². The Morgan fingerprint density at radius 3 is 1.92 bits per heavy atom. The number of rotatable bonds is 11. The molecule has 21 heteroatoms.